The van der Waals surface area contributed by atoms with Crippen molar-refractivity contribution in [1.29, 1.82) is 0 Å². The molecular weight excluding hydrogens is 142 g/mol. The second-order valence-corrected chi connectivity index (χ2v) is 3.35. The molecule has 0 aromatic carbocycles. The van der Waals surface area contributed by atoms with Crippen LogP contribution in [0.15, 0.2) is 0 Å². The predicted molar refractivity (Wildman–Crippen MR) is 42.5 cm³/mol. The first-order chi connectivity index (χ1) is 5.18. The fraction of sp³-hybridized carbons (Fsp3) is 0.875. The maximum absolute atomic E-state index is 10.2. The third-order valence-electron chi connectivity index (χ3n) is 1.97. The largest absolute Gasteiger partial charge is 0.481 e. The van der Waals surface area contributed by atoms with E-state index in [9.17, 15) is 4.79 Å². The number of carboxylic acid groups (broad SMARTS) is 1. The lowest BCUT2D eigenvalue weighted by atomic mass is 10.3. The molecule has 0 unspecified atom stereocenters. The summed E-state index contributed by atoms with van der Waals surface area (Å²) in [5, 5.41) is 8.39. The molecule has 0 amide bonds. The minimum absolute atomic E-state index is 0.267. The molecule has 0 radical (unpaired) electrons. The van der Waals surface area contributed by atoms with E-state index in [1.807, 2.05) is 7.05 Å². The zero-order valence-corrected chi connectivity index (χ0v) is 6.92. The first-order valence-corrected chi connectivity index (χ1v) is 4.09. The zero-order chi connectivity index (χ0) is 8.27. The van der Waals surface area contributed by atoms with Crippen molar-refractivity contribution in [2.75, 3.05) is 20.1 Å². The van der Waals surface area contributed by atoms with E-state index in [1.54, 1.807) is 0 Å². The number of hydrogen-bond donors (Lipinski definition) is 1. The van der Waals surface area contributed by atoms with Crippen molar-refractivity contribution in [2.45, 2.75) is 19.3 Å². The van der Waals surface area contributed by atoms with Gasteiger partial charge in [-0.05, 0) is 25.8 Å². The van der Waals surface area contributed by atoms with Crippen molar-refractivity contribution in [3.63, 3.8) is 0 Å². The van der Waals surface area contributed by atoms with Crippen LogP contribution in [0, 0.1) is 5.92 Å². The zero-order valence-electron chi connectivity index (χ0n) is 6.92. The second kappa shape index (κ2) is 3.72. The van der Waals surface area contributed by atoms with Crippen LogP contribution < -0.4 is 0 Å². The fourth-order valence-electron chi connectivity index (χ4n) is 1.12. The van der Waals surface area contributed by atoms with Crippen molar-refractivity contribution < 1.29 is 9.90 Å². The van der Waals surface area contributed by atoms with Gasteiger partial charge in [-0.1, -0.05) is 0 Å². The van der Waals surface area contributed by atoms with Crippen molar-refractivity contribution in [1.82, 2.24) is 4.90 Å². The Labute approximate surface area is 67.0 Å². The highest BCUT2D eigenvalue weighted by molar-refractivity contribution is 5.66. The van der Waals surface area contributed by atoms with E-state index in [1.165, 1.54) is 12.8 Å². The van der Waals surface area contributed by atoms with Crippen LogP contribution in [-0.4, -0.2) is 36.1 Å². The molecule has 0 aromatic heterocycles. The third-order valence-corrected chi connectivity index (χ3v) is 1.97. The van der Waals surface area contributed by atoms with Gasteiger partial charge in [0, 0.05) is 13.1 Å². The van der Waals surface area contributed by atoms with Crippen molar-refractivity contribution in [2.24, 2.45) is 5.92 Å². The summed E-state index contributed by atoms with van der Waals surface area (Å²) in [7, 11) is 1.99. The van der Waals surface area contributed by atoms with Gasteiger partial charge in [0.15, 0.2) is 0 Å². The van der Waals surface area contributed by atoms with E-state index in [0.29, 0.717) is 6.54 Å². The molecule has 1 rings (SSSR count). The summed E-state index contributed by atoms with van der Waals surface area (Å²) in [4.78, 5) is 12.3. The summed E-state index contributed by atoms with van der Waals surface area (Å²) < 4.78 is 0. The molecule has 1 saturated carbocycles. The molecule has 1 N–H and O–H groups in total. The molecule has 1 fully saturated rings. The number of nitrogens with zero attached hydrogens (tertiary/aromatic N) is 1. The van der Waals surface area contributed by atoms with Gasteiger partial charge in [0.05, 0.1) is 6.42 Å². The van der Waals surface area contributed by atoms with Crippen LogP contribution in [0.5, 0.6) is 0 Å². The first kappa shape index (κ1) is 8.53. The second-order valence-electron chi connectivity index (χ2n) is 3.35. The average Bonchev–Trinajstić information content (AvgIpc) is 2.67. The molecule has 3 heteroatoms. The molecule has 3 nitrogen and oxygen atoms in total. The molecular formula is C8H15NO2. The van der Waals surface area contributed by atoms with Crippen molar-refractivity contribution in [3.8, 4) is 0 Å². The first-order valence-electron chi connectivity index (χ1n) is 4.09. The topological polar surface area (TPSA) is 40.5 Å². The summed E-state index contributed by atoms with van der Waals surface area (Å²) in [6.45, 7) is 1.76. The molecule has 0 heterocycles. The summed E-state index contributed by atoms with van der Waals surface area (Å²) in [5.74, 6) is 0.154. The number of hydrogen-bond acceptors (Lipinski definition) is 2. The Morgan fingerprint density at radius 2 is 2.27 bits per heavy atom. The third kappa shape index (κ3) is 3.98. The highest BCUT2D eigenvalue weighted by Crippen LogP contribution is 2.29. The summed E-state index contributed by atoms with van der Waals surface area (Å²) in [6, 6.07) is 0. The molecule has 0 aliphatic heterocycles. The lowest BCUT2D eigenvalue weighted by Gasteiger charge is -2.13. The summed E-state index contributed by atoms with van der Waals surface area (Å²) in [5.41, 5.74) is 0. The molecule has 0 bridgehead atoms. The Balaban J connectivity index is 1.99. The molecule has 1 aliphatic carbocycles. The molecule has 64 valence electrons. The number of carboxylic acids is 1. The molecule has 11 heavy (non-hydrogen) atoms. The maximum atomic E-state index is 10.2. The summed E-state index contributed by atoms with van der Waals surface area (Å²) in [6.07, 6.45) is 2.93. The van der Waals surface area contributed by atoms with Crippen LogP contribution in [0.1, 0.15) is 19.3 Å². The van der Waals surface area contributed by atoms with Crippen LogP contribution in [0.2, 0.25) is 0 Å². The number of aliphatic carboxylic acids is 1. The predicted octanol–water partition coefficient (Wildman–Crippen LogP) is 0.803. The SMILES string of the molecule is CN(CCC(=O)O)CC1CC1. The standard InChI is InChI=1S/C8H15NO2/c1-9(5-4-8(10)11)6-7-2-3-7/h7H,2-6H2,1H3,(H,10,11). The van der Waals surface area contributed by atoms with Gasteiger partial charge in [-0.25, -0.2) is 0 Å². The van der Waals surface area contributed by atoms with Crippen LogP contribution in [0.4, 0.5) is 0 Å². The van der Waals surface area contributed by atoms with Gasteiger partial charge in [-0.2, -0.15) is 0 Å². The Bertz CT molecular complexity index is 143. The monoisotopic (exact) mass is 157 g/mol. The van der Waals surface area contributed by atoms with Crippen molar-refractivity contribution in [3.05, 3.63) is 0 Å². The van der Waals surface area contributed by atoms with E-state index in [0.717, 1.165) is 12.5 Å². The summed E-state index contributed by atoms with van der Waals surface area (Å²) >= 11 is 0. The highest BCUT2D eigenvalue weighted by Gasteiger charge is 2.22. The fourth-order valence-corrected chi connectivity index (χ4v) is 1.12. The maximum Gasteiger partial charge on any atom is 0.304 e. The van der Waals surface area contributed by atoms with Crippen LogP contribution >= 0.6 is 0 Å². The minimum atomic E-state index is -0.701. The Morgan fingerprint density at radius 1 is 1.64 bits per heavy atom. The normalized spacial score (nSPS) is 17.3. The number of carbonyl (C=O) groups is 1. The minimum Gasteiger partial charge on any atom is -0.481 e. The van der Waals surface area contributed by atoms with Crippen molar-refractivity contribution >= 4 is 5.97 Å². The van der Waals surface area contributed by atoms with Crippen LogP contribution in [-0.2, 0) is 4.79 Å². The van der Waals surface area contributed by atoms with Gasteiger partial charge in [0.2, 0.25) is 0 Å². The van der Waals surface area contributed by atoms with E-state index < -0.39 is 5.97 Å². The van der Waals surface area contributed by atoms with Gasteiger partial charge in [-0.15, -0.1) is 0 Å². The van der Waals surface area contributed by atoms with E-state index in [-0.39, 0.29) is 6.42 Å². The van der Waals surface area contributed by atoms with Gasteiger partial charge >= 0.3 is 5.97 Å². The Kier molecular flexibility index (Phi) is 2.88. The van der Waals surface area contributed by atoms with Gasteiger partial charge in [0.25, 0.3) is 0 Å². The smallest absolute Gasteiger partial charge is 0.304 e. The molecule has 0 aromatic rings. The molecule has 0 atom stereocenters. The highest BCUT2D eigenvalue weighted by atomic mass is 16.4. The number of rotatable bonds is 5. The molecule has 0 saturated heterocycles. The molecule has 1 aliphatic rings. The van der Waals surface area contributed by atoms with E-state index in [2.05, 4.69) is 4.90 Å². The molecule has 0 spiro atoms. The van der Waals surface area contributed by atoms with Crippen LogP contribution in [0.3, 0.4) is 0 Å². The lowest BCUT2D eigenvalue weighted by Crippen LogP contribution is -2.23. The lowest BCUT2D eigenvalue weighted by molar-refractivity contribution is -0.137. The van der Waals surface area contributed by atoms with E-state index >= 15 is 0 Å². The quantitative estimate of drug-likeness (QED) is 0.641. The van der Waals surface area contributed by atoms with Gasteiger partial charge in [0.1, 0.15) is 0 Å². The van der Waals surface area contributed by atoms with Crippen LogP contribution in [0.25, 0.3) is 0 Å². The Morgan fingerprint density at radius 3 is 2.73 bits per heavy atom. The average molecular weight is 157 g/mol. The van der Waals surface area contributed by atoms with Gasteiger partial charge < -0.3 is 10.0 Å². The van der Waals surface area contributed by atoms with Gasteiger partial charge in [-0.3, -0.25) is 4.79 Å². The Hall–Kier alpha value is -0.570. The van der Waals surface area contributed by atoms with E-state index in [4.69, 9.17) is 5.11 Å².